The first-order chi connectivity index (χ1) is 13.1. The Labute approximate surface area is 153 Å². The van der Waals surface area contributed by atoms with Gasteiger partial charge in [0.1, 0.15) is 17.4 Å². The lowest BCUT2D eigenvalue weighted by atomic mass is 10.2. The minimum absolute atomic E-state index is 0.310. The third kappa shape index (κ3) is 3.14. The smallest absolute Gasteiger partial charge is 0.278 e. The van der Waals surface area contributed by atoms with Gasteiger partial charge < -0.3 is 5.32 Å². The van der Waals surface area contributed by atoms with Gasteiger partial charge in [-0.1, -0.05) is 23.4 Å². The van der Waals surface area contributed by atoms with E-state index >= 15 is 0 Å². The van der Waals surface area contributed by atoms with Crippen molar-refractivity contribution in [1.29, 1.82) is 0 Å². The van der Waals surface area contributed by atoms with Gasteiger partial charge in [-0.05, 0) is 31.2 Å². The summed E-state index contributed by atoms with van der Waals surface area (Å²) in [5.74, 6) is 0.441. The van der Waals surface area contributed by atoms with E-state index in [1.165, 1.54) is 0 Å². The summed E-state index contributed by atoms with van der Waals surface area (Å²) in [6.07, 6.45) is 2.39. The maximum absolute atomic E-state index is 12.5. The van der Waals surface area contributed by atoms with Crippen molar-refractivity contribution in [1.82, 2.24) is 34.9 Å². The number of aromatic nitrogens is 6. The number of benzene rings is 1. The third-order valence-corrected chi connectivity index (χ3v) is 4.37. The van der Waals surface area contributed by atoms with Crippen molar-refractivity contribution >= 4 is 22.5 Å². The largest absolute Gasteiger partial charge is 0.354 e. The molecule has 3 heterocycles. The molecule has 4 rings (SSSR count). The number of rotatable bonds is 5. The Morgan fingerprint density at radius 1 is 1.11 bits per heavy atom. The van der Waals surface area contributed by atoms with Crippen molar-refractivity contribution in [3.05, 3.63) is 64.8 Å². The van der Waals surface area contributed by atoms with Gasteiger partial charge in [-0.3, -0.25) is 14.0 Å². The molecule has 4 aromatic rings. The van der Waals surface area contributed by atoms with E-state index in [4.69, 9.17) is 0 Å². The molecule has 27 heavy (non-hydrogen) atoms. The van der Waals surface area contributed by atoms with Gasteiger partial charge in [-0.15, -0.1) is 15.3 Å². The molecule has 0 aliphatic carbocycles. The summed E-state index contributed by atoms with van der Waals surface area (Å²) in [5.41, 5.74) is 0.918. The normalized spacial score (nSPS) is 12.3. The van der Waals surface area contributed by atoms with Crippen molar-refractivity contribution < 1.29 is 4.79 Å². The highest BCUT2D eigenvalue weighted by Gasteiger charge is 2.19. The van der Waals surface area contributed by atoms with Crippen LogP contribution in [0.2, 0.25) is 0 Å². The zero-order valence-electron chi connectivity index (χ0n) is 14.6. The number of nitrogens with zero attached hydrogens (tertiary/aromatic N) is 6. The minimum atomic E-state index is -0.773. The lowest BCUT2D eigenvalue weighted by molar-refractivity contribution is -0.124. The van der Waals surface area contributed by atoms with Gasteiger partial charge in [-0.25, -0.2) is 0 Å². The predicted molar refractivity (Wildman–Crippen MR) is 98.2 cm³/mol. The molecule has 9 heteroatoms. The quantitative estimate of drug-likeness (QED) is 0.561. The highest BCUT2D eigenvalue weighted by atomic mass is 16.2. The molecular weight excluding hydrogens is 346 g/mol. The van der Waals surface area contributed by atoms with Crippen LogP contribution < -0.4 is 10.9 Å². The molecule has 0 fully saturated rings. The van der Waals surface area contributed by atoms with Crippen molar-refractivity contribution in [3.8, 4) is 0 Å². The van der Waals surface area contributed by atoms with Gasteiger partial charge >= 0.3 is 0 Å². The highest BCUT2D eigenvalue weighted by Crippen LogP contribution is 2.07. The van der Waals surface area contributed by atoms with Crippen LogP contribution in [0.4, 0.5) is 0 Å². The minimum Gasteiger partial charge on any atom is -0.354 e. The Balaban J connectivity index is 1.45. The van der Waals surface area contributed by atoms with Crippen LogP contribution in [0.15, 0.2) is 53.5 Å². The summed E-state index contributed by atoms with van der Waals surface area (Å²) >= 11 is 0. The van der Waals surface area contributed by atoms with E-state index in [1.807, 2.05) is 28.8 Å². The summed E-state index contributed by atoms with van der Waals surface area (Å²) in [6, 6.07) is 11.8. The SMILES string of the molecule is C[C@@H](C(=O)NCCc1nnc2ccccn12)n1nnc2ccccc2c1=O. The van der Waals surface area contributed by atoms with Crippen LogP contribution in [0.1, 0.15) is 18.8 Å². The first-order valence-corrected chi connectivity index (χ1v) is 8.56. The molecule has 1 atom stereocenters. The summed E-state index contributed by atoms with van der Waals surface area (Å²) in [7, 11) is 0. The third-order valence-electron chi connectivity index (χ3n) is 4.37. The molecule has 136 valence electrons. The van der Waals surface area contributed by atoms with Gasteiger partial charge in [0, 0.05) is 19.2 Å². The van der Waals surface area contributed by atoms with Crippen LogP contribution in [-0.4, -0.2) is 42.0 Å². The molecule has 0 unspecified atom stereocenters. The van der Waals surface area contributed by atoms with Gasteiger partial charge in [-0.2, -0.15) is 4.68 Å². The van der Waals surface area contributed by atoms with Crippen molar-refractivity contribution in [2.24, 2.45) is 0 Å². The second-order valence-electron chi connectivity index (χ2n) is 6.12. The number of hydrogen-bond acceptors (Lipinski definition) is 6. The molecule has 0 saturated carbocycles. The second-order valence-corrected chi connectivity index (χ2v) is 6.12. The van der Waals surface area contributed by atoms with Gasteiger partial charge in [0.15, 0.2) is 5.65 Å². The molecule has 1 N–H and O–H groups in total. The lowest BCUT2D eigenvalue weighted by Gasteiger charge is -2.13. The number of nitrogens with one attached hydrogen (secondary N) is 1. The highest BCUT2D eigenvalue weighted by molar-refractivity contribution is 5.81. The molecule has 9 nitrogen and oxygen atoms in total. The fourth-order valence-corrected chi connectivity index (χ4v) is 2.87. The van der Waals surface area contributed by atoms with E-state index in [0.29, 0.717) is 23.9 Å². The zero-order valence-corrected chi connectivity index (χ0v) is 14.6. The summed E-state index contributed by atoms with van der Waals surface area (Å²) in [4.78, 5) is 25.0. The second kappa shape index (κ2) is 6.94. The first-order valence-electron chi connectivity index (χ1n) is 8.56. The Morgan fingerprint density at radius 3 is 2.81 bits per heavy atom. The molecule has 0 spiro atoms. The molecule has 1 aromatic carbocycles. The molecule has 0 radical (unpaired) electrons. The molecule has 1 amide bonds. The molecule has 0 aliphatic rings. The summed E-state index contributed by atoms with van der Waals surface area (Å²) < 4.78 is 2.97. The number of fused-ring (bicyclic) bond motifs is 2. The number of amides is 1. The van der Waals surface area contributed by atoms with Gasteiger partial charge in [0.2, 0.25) is 5.91 Å². The van der Waals surface area contributed by atoms with E-state index in [0.717, 1.165) is 16.2 Å². The van der Waals surface area contributed by atoms with Gasteiger partial charge in [0.25, 0.3) is 5.56 Å². The predicted octanol–water partition coefficient (Wildman–Crippen LogP) is 0.754. The molecule has 0 saturated heterocycles. The molecule has 0 aliphatic heterocycles. The van der Waals surface area contributed by atoms with Crippen LogP contribution in [-0.2, 0) is 11.2 Å². The maximum atomic E-state index is 12.5. The monoisotopic (exact) mass is 363 g/mol. The van der Waals surface area contributed by atoms with E-state index in [2.05, 4.69) is 25.8 Å². The van der Waals surface area contributed by atoms with Crippen LogP contribution in [0.25, 0.3) is 16.6 Å². The van der Waals surface area contributed by atoms with Crippen molar-refractivity contribution in [2.75, 3.05) is 6.54 Å². The Bertz CT molecular complexity index is 1180. The zero-order chi connectivity index (χ0) is 18.8. The summed E-state index contributed by atoms with van der Waals surface area (Å²) in [5, 5.41) is 19.4. The Kier molecular flexibility index (Phi) is 4.33. The Hall–Kier alpha value is -3.62. The van der Waals surface area contributed by atoms with Crippen LogP contribution >= 0.6 is 0 Å². The van der Waals surface area contributed by atoms with Crippen molar-refractivity contribution in [3.63, 3.8) is 0 Å². The van der Waals surface area contributed by atoms with Crippen LogP contribution in [0, 0.1) is 0 Å². The average molecular weight is 363 g/mol. The van der Waals surface area contributed by atoms with Gasteiger partial charge in [0.05, 0.1) is 5.39 Å². The maximum Gasteiger partial charge on any atom is 0.278 e. The van der Waals surface area contributed by atoms with E-state index in [9.17, 15) is 9.59 Å². The fraction of sp³-hybridized carbons (Fsp3) is 0.222. The lowest BCUT2D eigenvalue weighted by Crippen LogP contribution is -2.38. The fourth-order valence-electron chi connectivity index (χ4n) is 2.87. The van der Waals surface area contributed by atoms with Crippen LogP contribution in [0.3, 0.4) is 0 Å². The topological polar surface area (TPSA) is 107 Å². The van der Waals surface area contributed by atoms with E-state index < -0.39 is 6.04 Å². The molecule has 3 aromatic heterocycles. The first kappa shape index (κ1) is 16.8. The Morgan fingerprint density at radius 2 is 1.93 bits per heavy atom. The van der Waals surface area contributed by atoms with E-state index in [1.54, 1.807) is 31.2 Å². The summed E-state index contributed by atoms with van der Waals surface area (Å²) in [6.45, 7) is 1.99. The van der Waals surface area contributed by atoms with Crippen molar-refractivity contribution in [2.45, 2.75) is 19.4 Å². The number of carbonyl (C=O) groups excluding carboxylic acids is 1. The average Bonchev–Trinajstić information content (AvgIpc) is 3.11. The number of hydrogen-bond donors (Lipinski definition) is 1. The molecular formula is C18H17N7O2. The number of pyridine rings is 1. The van der Waals surface area contributed by atoms with E-state index in [-0.39, 0.29) is 11.5 Å². The standard InChI is InChI=1S/C18H17N7O2/c1-12(25-18(27)13-6-2-3-7-14(13)20-23-25)17(26)19-10-9-16-22-21-15-8-4-5-11-24(15)16/h2-8,11-12H,9-10H2,1H3,(H,19,26)/t12-/m0/s1. The van der Waals surface area contributed by atoms with Crippen LogP contribution in [0.5, 0.6) is 0 Å². The number of carbonyl (C=O) groups is 1. The molecule has 0 bridgehead atoms.